The molecule has 0 aliphatic carbocycles. The second-order valence-corrected chi connectivity index (χ2v) is 6.29. The van der Waals surface area contributed by atoms with Crippen molar-refractivity contribution < 1.29 is 9.66 Å². The Hall–Kier alpha value is -3.33. The van der Waals surface area contributed by atoms with Crippen molar-refractivity contribution in [3.8, 4) is 5.69 Å². The van der Waals surface area contributed by atoms with Crippen molar-refractivity contribution in [1.82, 2.24) is 14.5 Å². The highest BCUT2D eigenvalue weighted by Crippen LogP contribution is 2.21. The van der Waals surface area contributed by atoms with Crippen LogP contribution in [0.15, 0.2) is 41.5 Å². The fourth-order valence-electron chi connectivity index (χ4n) is 3.15. The highest BCUT2D eigenvalue weighted by Gasteiger charge is 2.16. The number of non-ortho nitro benzene ring substituents is 1. The molecule has 1 aromatic carbocycles. The Morgan fingerprint density at radius 3 is 2.70 bits per heavy atom. The molecule has 1 saturated heterocycles. The number of hydrogen-bond acceptors (Lipinski definition) is 7. The van der Waals surface area contributed by atoms with Crippen LogP contribution in [-0.4, -0.2) is 45.8 Å². The molecule has 1 aliphatic rings. The number of hydrogen-bond donors (Lipinski definition) is 0. The highest BCUT2D eigenvalue weighted by atomic mass is 16.6. The molecule has 4 rings (SSSR count). The van der Waals surface area contributed by atoms with Crippen molar-refractivity contribution >= 4 is 22.5 Å². The first-order valence-corrected chi connectivity index (χ1v) is 8.51. The van der Waals surface area contributed by atoms with E-state index in [2.05, 4.69) is 9.97 Å². The number of benzene rings is 1. The lowest BCUT2D eigenvalue weighted by molar-refractivity contribution is -0.384. The van der Waals surface area contributed by atoms with Crippen LogP contribution in [0.3, 0.4) is 0 Å². The van der Waals surface area contributed by atoms with Crippen LogP contribution in [0.4, 0.5) is 11.6 Å². The van der Waals surface area contributed by atoms with Crippen LogP contribution in [0.25, 0.3) is 16.6 Å². The molecular formula is C18H17N5O4. The van der Waals surface area contributed by atoms with E-state index >= 15 is 0 Å². The normalized spacial score (nSPS) is 14.5. The van der Waals surface area contributed by atoms with Crippen molar-refractivity contribution in [3.05, 3.63) is 62.7 Å². The number of fused-ring (bicyclic) bond motifs is 1. The van der Waals surface area contributed by atoms with E-state index in [1.807, 2.05) is 4.90 Å². The van der Waals surface area contributed by atoms with Gasteiger partial charge in [-0.1, -0.05) is 0 Å². The number of pyridine rings is 1. The number of nitro benzene ring substituents is 1. The Morgan fingerprint density at radius 2 is 2.00 bits per heavy atom. The molecule has 9 nitrogen and oxygen atoms in total. The molecule has 0 radical (unpaired) electrons. The van der Waals surface area contributed by atoms with Gasteiger partial charge in [0.25, 0.3) is 11.2 Å². The standard InChI is InChI=1S/C18H17N5O4/c1-12-10-13(23(25)26)2-3-16(12)22-5-4-15-14(17(22)24)11-19-18(20-15)21-6-8-27-9-7-21/h2-5,10-11H,6-9H2,1H3. The van der Waals surface area contributed by atoms with Gasteiger partial charge in [-0.25, -0.2) is 9.97 Å². The zero-order valence-corrected chi connectivity index (χ0v) is 14.7. The van der Waals surface area contributed by atoms with Gasteiger partial charge in [-0.3, -0.25) is 19.5 Å². The predicted molar refractivity (Wildman–Crippen MR) is 99.6 cm³/mol. The van der Waals surface area contributed by atoms with Crippen LogP contribution in [-0.2, 0) is 4.74 Å². The third kappa shape index (κ3) is 3.13. The molecule has 0 unspecified atom stereocenters. The fraction of sp³-hybridized carbons (Fsp3) is 0.278. The van der Waals surface area contributed by atoms with Crippen molar-refractivity contribution in [3.63, 3.8) is 0 Å². The first-order chi connectivity index (χ1) is 13.0. The second-order valence-electron chi connectivity index (χ2n) is 6.29. The highest BCUT2D eigenvalue weighted by molar-refractivity contribution is 5.78. The summed E-state index contributed by atoms with van der Waals surface area (Å²) in [6.07, 6.45) is 3.17. The maximum absolute atomic E-state index is 12.9. The largest absolute Gasteiger partial charge is 0.378 e. The van der Waals surface area contributed by atoms with Crippen LogP contribution < -0.4 is 10.5 Å². The molecule has 0 atom stereocenters. The van der Waals surface area contributed by atoms with Gasteiger partial charge in [0.2, 0.25) is 5.95 Å². The van der Waals surface area contributed by atoms with E-state index in [4.69, 9.17) is 4.74 Å². The molecule has 1 aliphatic heterocycles. The van der Waals surface area contributed by atoms with Crippen molar-refractivity contribution in [1.29, 1.82) is 0 Å². The van der Waals surface area contributed by atoms with Crippen LogP contribution in [0.5, 0.6) is 0 Å². The summed E-state index contributed by atoms with van der Waals surface area (Å²) in [6.45, 7) is 4.41. The summed E-state index contributed by atoms with van der Waals surface area (Å²) >= 11 is 0. The zero-order chi connectivity index (χ0) is 19.0. The van der Waals surface area contributed by atoms with Crippen LogP contribution in [0, 0.1) is 17.0 Å². The Morgan fingerprint density at radius 1 is 1.22 bits per heavy atom. The van der Waals surface area contributed by atoms with Gasteiger partial charge >= 0.3 is 0 Å². The summed E-state index contributed by atoms with van der Waals surface area (Å²) in [5.41, 5.74) is 1.51. The fourth-order valence-corrected chi connectivity index (χ4v) is 3.15. The molecule has 138 valence electrons. The monoisotopic (exact) mass is 367 g/mol. The molecule has 9 heteroatoms. The van der Waals surface area contributed by atoms with Gasteiger partial charge in [0.1, 0.15) is 0 Å². The lowest BCUT2D eigenvalue weighted by atomic mass is 10.1. The molecule has 2 aromatic heterocycles. The quantitative estimate of drug-likeness (QED) is 0.514. The molecule has 27 heavy (non-hydrogen) atoms. The van der Waals surface area contributed by atoms with Gasteiger partial charge in [-0.15, -0.1) is 0 Å². The third-order valence-corrected chi connectivity index (χ3v) is 4.58. The summed E-state index contributed by atoms with van der Waals surface area (Å²) < 4.78 is 6.79. The molecule has 0 spiro atoms. The van der Waals surface area contributed by atoms with Crippen molar-refractivity contribution in [2.75, 3.05) is 31.2 Å². The van der Waals surface area contributed by atoms with Gasteiger partial charge in [-0.2, -0.15) is 0 Å². The summed E-state index contributed by atoms with van der Waals surface area (Å²) in [5, 5.41) is 11.3. The number of ether oxygens (including phenoxy) is 1. The molecule has 0 N–H and O–H groups in total. The molecule has 0 bridgehead atoms. The van der Waals surface area contributed by atoms with E-state index in [-0.39, 0.29) is 11.2 Å². The van der Waals surface area contributed by atoms with Gasteiger partial charge in [0.15, 0.2) is 0 Å². The summed E-state index contributed by atoms with van der Waals surface area (Å²) in [4.78, 5) is 34.2. The molecule has 3 heterocycles. The molecule has 0 amide bonds. The van der Waals surface area contributed by atoms with Crippen LogP contribution in [0.1, 0.15) is 5.56 Å². The number of nitrogens with zero attached hydrogens (tertiary/aromatic N) is 5. The molecular weight excluding hydrogens is 350 g/mol. The zero-order valence-electron chi connectivity index (χ0n) is 14.7. The second kappa shape index (κ2) is 6.76. The van der Waals surface area contributed by atoms with E-state index < -0.39 is 4.92 Å². The minimum Gasteiger partial charge on any atom is -0.378 e. The van der Waals surface area contributed by atoms with Crippen molar-refractivity contribution in [2.45, 2.75) is 6.92 Å². The first-order valence-electron chi connectivity index (χ1n) is 8.51. The van der Waals surface area contributed by atoms with E-state index in [0.717, 1.165) is 0 Å². The topological polar surface area (TPSA) is 103 Å². The average Bonchev–Trinajstić information content (AvgIpc) is 2.69. The SMILES string of the molecule is Cc1cc([N+](=O)[O-])ccc1-n1ccc2nc(N3CCOCC3)ncc2c1=O. The molecule has 0 saturated carbocycles. The van der Waals surface area contributed by atoms with Gasteiger partial charge in [0, 0.05) is 37.6 Å². The summed E-state index contributed by atoms with van der Waals surface area (Å²) in [5.74, 6) is 0.578. The Bertz CT molecular complexity index is 1090. The summed E-state index contributed by atoms with van der Waals surface area (Å²) in [6, 6.07) is 6.16. The minimum atomic E-state index is -0.457. The third-order valence-electron chi connectivity index (χ3n) is 4.58. The number of aromatic nitrogens is 3. The number of rotatable bonds is 3. The number of morpholine rings is 1. The summed E-state index contributed by atoms with van der Waals surface area (Å²) in [7, 11) is 0. The molecule has 3 aromatic rings. The van der Waals surface area contributed by atoms with Crippen LogP contribution in [0.2, 0.25) is 0 Å². The minimum absolute atomic E-state index is 0.0106. The maximum atomic E-state index is 12.9. The Kier molecular flexibility index (Phi) is 4.28. The van der Waals surface area contributed by atoms with Gasteiger partial charge in [-0.05, 0) is 24.6 Å². The van der Waals surface area contributed by atoms with Crippen molar-refractivity contribution in [2.24, 2.45) is 0 Å². The number of aryl methyl sites for hydroxylation is 1. The first kappa shape index (κ1) is 17.1. The van der Waals surface area contributed by atoms with Gasteiger partial charge < -0.3 is 9.64 Å². The van der Waals surface area contributed by atoms with E-state index in [0.29, 0.717) is 54.4 Å². The van der Waals surface area contributed by atoms with Gasteiger partial charge in [0.05, 0.1) is 34.7 Å². The van der Waals surface area contributed by atoms with Crippen LogP contribution >= 0.6 is 0 Å². The van der Waals surface area contributed by atoms with E-state index in [1.54, 1.807) is 25.3 Å². The number of nitro groups is 1. The maximum Gasteiger partial charge on any atom is 0.269 e. The predicted octanol–water partition coefficient (Wildman–Crippen LogP) is 1.83. The lowest BCUT2D eigenvalue weighted by Crippen LogP contribution is -2.37. The smallest absolute Gasteiger partial charge is 0.269 e. The van der Waals surface area contributed by atoms with E-state index in [9.17, 15) is 14.9 Å². The van der Waals surface area contributed by atoms with E-state index in [1.165, 1.54) is 22.9 Å². The number of anilines is 1. The Balaban J connectivity index is 1.76. The average molecular weight is 367 g/mol. The lowest BCUT2D eigenvalue weighted by Gasteiger charge is -2.26. The molecule has 1 fully saturated rings. The Labute approximate surface area is 154 Å².